The first-order chi connectivity index (χ1) is 20.3. The van der Waals surface area contributed by atoms with E-state index in [1.165, 1.54) is 36.9 Å². The van der Waals surface area contributed by atoms with Crippen molar-refractivity contribution in [2.75, 3.05) is 13.1 Å². The fourth-order valence-corrected chi connectivity index (χ4v) is 3.48. The first-order valence-corrected chi connectivity index (χ1v) is 14.4. The Labute approximate surface area is 264 Å². The van der Waals surface area contributed by atoms with Gasteiger partial charge in [0.05, 0.1) is 29.1 Å². The number of pyridine rings is 2. The molecule has 0 saturated heterocycles. The standard InChI is InChI=1S/2C11H15NO2.C10H14N2O2.Fe/c1-2-3-8-12-11(14)9-6-4-5-7-10(9)13;1-2-3-4-5-10(13)9-6-7-12-8-11(9)14;1-2-3-5-12-10(14)8-4-6-11-7-9(8)13;/h4-7,13H,2-3,8H2,1H3,(H,12,14);6-8,14H,2-5H2,1H3;4,6-7,13H,2-3,5H2,1H3,(H,12,14);. The number of hydrogen-bond acceptors (Lipinski definition) is 8. The van der Waals surface area contributed by atoms with Crippen molar-refractivity contribution in [2.45, 2.75) is 72.1 Å². The summed E-state index contributed by atoms with van der Waals surface area (Å²) in [6.45, 7) is 7.50. The van der Waals surface area contributed by atoms with Gasteiger partial charge >= 0.3 is 0 Å². The number of amides is 2. The van der Waals surface area contributed by atoms with Crippen LogP contribution < -0.4 is 10.6 Å². The number of ketones is 1. The summed E-state index contributed by atoms with van der Waals surface area (Å²) in [5.74, 6) is -0.537. The van der Waals surface area contributed by atoms with Crippen LogP contribution in [0.4, 0.5) is 0 Å². The first kappa shape index (κ1) is 39.0. The third-order valence-corrected chi connectivity index (χ3v) is 5.93. The summed E-state index contributed by atoms with van der Waals surface area (Å²) in [5.41, 5.74) is 0.996. The molecule has 0 unspecified atom stereocenters. The smallest absolute Gasteiger partial charge is 0.255 e. The molecule has 236 valence electrons. The van der Waals surface area contributed by atoms with E-state index in [9.17, 15) is 29.7 Å². The zero-order valence-electron chi connectivity index (χ0n) is 25.2. The summed E-state index contributed by atoms with van der Waals surface area (Å²) < 4.78 is 0. The van der Waals surface area contributed by atoms with Crippen LogP contribution in [0.1, 0.15) is 103 Å². The van der Waals surface area contributed by atoms with Crippen molar-refractivity contribution in [2.24, 2.45) is 0 Å². The second-order valence-electron chi connectivity index (χ2n) is 9.40. The number of carbonyl (C=O) groups excluding carboxylic acids is 3. The largest absolute Gasteiger partial charge is 0.507 e. The van der Waals surface area contributed by atoms with Gasteiger partial charge in [-0.1, -0.05) is 58.6 Å². The molecule has 2 aromatic heterocycles. The van der Waals surface area contributed by atoms with E-state index in [4.69, 9.17) is 0 Å². The van der Waals surface area contributed by atoms with E-state index in [0.717, 1.165) is 44.9 Å². The van der Waals surface area contributed by atoms with Gasteiger partial charge in [-0.15, -0.1) is 0 Å². The van der Waals surface area contributed by atoms with Crippen LogP contribution in [0.3, 0.4) is 0 Å². The van der Waals surface area contributed by atoms with Crippen molar-refractivity contribution >= 4 is 17.6 Å². The van der Waals surface area contributed by atoms with Crippen molar-refractivity contribution in [3.8, 4) is 17.2 Å². The number of aromatic hydroxyl groups is 3. The van der Waals surface area contributed by atoms with E-state index < -0.39 is 0 Å². The molecule has 0 atom stereocenters. The minimum absolute atomic E-state index is 0. The van der Waals surface area contributed by atoms with Crippen LogP contribution in [-0.4, -0.2) is 56.0 Å². The number of phenols is 1. The van der Waals surface area contributed by atoms with Crippen molar-refractivity contribution < 1.29 is 46.8 Å². The number of nitrogens with zero attached hydrogens (tertiary/aromatic N) is 2. The summed E-state index contributed by atoms with van der Waals surface area (Å²) in [6.07, 6.45) is 13.1. The molecule has 3 rings (SSSR count). The molecule has 0 aliphatic carbocycles. The van der Waals surface area contributed by atoms with Crippen molar-refractivity contribution in [3.63, 3.8) is 0 Å². The Hall–Kier alpha value is -3.95. The minimum Gasteiger partial charge on any atom is -0.507 e. The van der Waals surface area contributed by atoms with Gasteiger partial charge < -0.3 is 26.0 Å². The van der Waals surface area contributed by atoms with Gasteiger partial charge in [-0.3, -0.25) is 24.4 Å². The average Bonchev–Trinajstić information content (AvgIpc) is 2.99. The van der Waals surface area contributed by atoms with Crippen LogP contribution in [0.15, 0.2) is 61.2 Å². The molecule has 3 aromatic rings. The number of unbranched alkanes of at least 4 members (excludes halogenated alkanes) is 4. The summed E-state index contributed by atoms with van der Waals surface area (Å²) in [5, 5.41) is 33.5. The second kappa shape index (κ2) is 23.6. The molecule has 0 radical (unpaired) electrons. The van der Waals surface area contributed by atoms with E-state index in [1.54, 1.807) is 24.3 Å². The third kappa shape index (κ3) is 15.7. The van der Waals surface area contributed by atoms with Crippen LogP contribution in [0, 0.1) is 0 Å². The van der Waals surface area contributed by atoms with E-state index in [2.05, 4.69) is 41.4 Å². The molecule has 0 bridgehead atoms. The number of Topliss-reactive ketones (excluding diaryl/α,β-unsaturated/α-hetero) is 1. The van der Waals surface area contributed by atoms with Crippen LogP contribution in [0.5, 0.6) is 17.2 Å². The van der Waals surface area contributed by atoms with Gasteiger partial charge in [0.25, 0.3) is 11.8 Å². The summed E-state index contributed by atoms with van der Waals surface area (Å²) in [4.78, 5) is 41.9. The van der Waals surface area contributed by atoms with Crippen LogP contribution in [0.2, 0.25) is 0 Å². The molecular weight excluding hydrogens is 592 g/mol. The molecule has 2 amide bonds. The number of carbonyl (C=O) groups is 3. The van der Waals surface area contributed by atoms with Crippen molar-refractivity contribution in [3.05, 3.63) is 77.9 Å². The number of hydrogen-bond donors (Lipinski definition) is 5. The molecule has 10 nitrogen and oxygen atoms in total. The Morgan fingerprint density at radius 1 is 0.628 bits per heavy atom. The SMILES string of the molecule is CCCCCC(=O)c1ccncc1O.CCCCNC(=O)c1ccccc1O.CCCCNC(=O)c1ccncc1O.[Fe]. The van der Waals surface area contributed by atoms with Gasteiger partial charge in [-0.25, -0.2) is 0 Å². The van der Waals surface area contributed by atoms with E-state index in [0.29, 0.717) is 30.6 Å². The Bertz CT molecular complexity index is 1090. The van der Waals surface area contributed by atoms with Crippen LogP contribution >= 0.6 is 0 Å². The minimum atomic E-state index is -0.252. The third-order valence-electron chi connectivity index (χ3n) is 5.93. The quantitative estimate of drug-likeness (QED) is 0.0895. The summed E-state index contributed by atoms with van der Waals surface area (Å²) in [7, 11) is 0. The van der Waals surface area contributed by atoms with Gasteiger partial charge in [0.2, 0.25) is 0 Å². The molecule has 0 aliphatic heterocycles. The van der Waals surface area contributed by atoms with Crippen LogP contribution in [-0.2, 0) is 17.1 Å². The summed E-state index contributed by atoms with van der Waals surface area (Å²) in [6, 6.07) is 9.60. The number of rotatable bonds is 13. The summed E-state index contributed by atoms with van der Waals surface area (Å²) >= 11 is 0. The molecule has 2 heterocycles. The fraction of sp³-hybridized carbons (Fsp3) is 0.406. The first-order valence-electron chi connectivity index (χ1n) is 14.4. The van der Waals surface area contributed by atoms with Gasteiger partial charge in [-0.2, -0.15) is 0 Å². The molecule has 0 spiro atoms. The van der Waals surface area contributed by atoms with Crippen molar-refractivity contribution in [1.29, 1.82) is 0 Å². The number of phenolic OH excluding ortho intramolecular Hbond substituents is 1. The van der Waals surface area contributed by atoms with Gasteiger partial charge in [-0.05, 0) is 43.5 Å². The van der Waals surface area contributed by atoms with Gasteiger partial charge in [0.15, 0.2) is 5.78 Å². The number of para-hydroxylation sites is 1. The zero-order chi connectivity index (χ0) is 31.2. The van der Waals surface area contributed by atoms with E-state index >= 15 is 0 Å². The molecular formula is C32H44FeN4O6. The molecule has 5 N–H and O–H groups in total. The number of nitrogens with one attached hydrogen (secondary N) is 2. The molecule has 0 saturated carbocycles. The maximum Gasteiger partial charge on any atom is 0.255 e. The Morgan fingerprint density at radius 3 is 1.56 bits per heavy atom. The predicted molar refractivity (Wildman–Crippen MR) is 163 cm³/mol. The van der Waals surface area contributed by atoms with Gasteiger partial charge in [0.1, 0.15) is 17.2 Å². The van der Waals surface area contributed by atoms with E-state index in [1.807, 2.05) is 0 Å². The molecule has 1 aromatic carbocycles. The molecule has 11 heteroatoms. The molecule has 43 heavy (non-hydrogen) atoms. The zero-order valence-corrected chi connectivity index (χ0v) is 26.3. The Balaban J connectivity index is 0.000000608. The molecule has 0 fully saturated rings. The maximum atomic E-state index is 11.6. The maximum absolute atomic E-state index is 11.6. The normalized spacial score (nSPS) is 9.65. The topological polar surface area (TPSA) is 162 Å². The predicted octanol–water partition coefficient (Wildman–Crippen LogP) is 5.79. The average molecular weight is 637 g/mol. The Morgan fingerprint density at radius 2 is 1.09 bits per heavy atom. The molecule has 0 aliphatic rings. The fourth-order valence-electron chi connectivity index (χ4n) is 3.48. The number of benzene rings is 1. The van der Waals surface area contributed by atoms with E-state index in [-0.39, 0.29) is 57.5 Å². The number of aromatic nitrogens is 2. The Kier molecular flexibility index (Phi) is 21.4. The van der Waals surface area contributed by atoms with Crippen molar-refractivity contribution in [1.82, 2.24) is 20.6 Å². The van der Waals surface area contributed by atoms with Gasteiger partial charge in [0, 0.05) is 49.0 Å². The second-order valence-corrected chi connectivity index (χ2v) is 9.40. The van der Waals surface area contributed by atoms with Crippen LogP contribution in [0.25, 0.3) is 0 Å². The monoisotopic (exact) mass is 636 g/mol.